The molecular formula is C25H26FN3O. The van der Waals surface area contributed by atoms with Gasteiger partial charge in [-0.25, -0.2) is 4.39 Å². The molecule has 0 spiro atoms. The van der Waals surface area contributed by atoms with Crippen molar-refractivity contribution in [2.45, 2.75) is 6.42 Å². The Hall–Kier alpha value is -3.18. The number of piperazine rings is 1. The molecule has 30 heavy (non-hydrogen) atoms. The SMILES string of the molecule is O=C(CN1CCN(c2ccccc2F)CC1)Nc1ccccc1Cc1ccccc1. The summed E-state index contributed by atoms with van der Waals surface area (Å²) in [5.41, 5.74) is 3.80. The first-order valence-electron chi connectivity index (χ1n) is 10.3. The Morgan fingerprint density at radius 1 is 0.833 bits per heavy atom. The van der Waals surface area contributed by atoms with Crippen molar-refractivity contribution in [1.82, 2.24) is 4.90 Å². The maximum absolute atomic E-state index is 14.0. The van der Waals surface area contributed by atoms with E-state index in [0.29, 0.717) is 25.3 Å². The smallest absolute Gasteiger partial charge is 0.238 e. The summed E-state index contributed by atoms with van der Waals surface area (Å²) < 4.78 is 14.0. The largest absolute Gasteiger partial charge is 0.367 e. The van der Waals surface area contributed by atoms with E-state index >= 15 is 0 Å². The van der Waals surface area contributed by atoms with Crippen LogP contribution >= 0.6 is 0 Å². The number of benzene rings is 3. The van der Waals surface area contributed by atoms with Gasteiger partial charge in [-0.3, -0.25) is 9.69 Å². The van der Waals surface area contributed by atoms with Crippen molar-refractivity contribution in [3.8, 4) is 0 Å². The summed E-state index contributed by atoms with van der Waals surface area (Å²) in [5, 5.41) is 3.08. The number of nitrogens with zero attached hydrogens (tertiary/aromatic N) is 2. The summed E-state index contributed by atoms with van der Waals surface area (Å²) in [7, 11) is 0. The van der Waals surface area contributed by atoms with Crippen LogP contribution < -0.4 is 10.2 Å². The normalized spacial score (nSPS) is 14.5. The Morgan fingerprint density at radius 3 is 2.27 bits per heavy atom. The molecular weight excluding hydrogens is 377 g/mol. The van der Waals surface area contributed by atoms with Crippen molar-refractivity contribution in [2.24, 2.45) is 0 Å². The highest BCUT2D eigenvalue weighted by molar-refractivity contribution is 5.93. The number of anilines is 2. The van der Waals surface area contributed by atoms with E-state index in [1.54, 1.807) is 12.1 Å². The van der Waals surface area contributed by atoms with Crippen LogP contribution in [-0.4, -0.2) is 43.5 Å². The molecule has 3 aromatic carbocycles. The lowest BCUT2D eigenvalue weighted by Crippen LogP contribution is -2.49. The molecule has 154 valence electrons. The molecule has 3 aromatic rings. The number of rotatable bonds is 6. The molecule has 1 heterocycles. The van der Waals surface area contributed by atoms with Crippen LogP contribution in [0.4, 0.5) is 15.8 Å². The quantitative estimate of drug-likeness (QED) is 0.671. The number of hydrogen-bond donors (Lipinski definition) is 1. The predicted octanol–water partition coefficient (Wildman–Crippen LogP) is 4.18. The van der Waals surface area contributed by atoms with E-state index in [4.69, 9.17) is 0 Å². The van der Waals surface area contributed by atoms with Crippen LogP contribution in [0.2, 0.25) is 0 Å². The lowest BCUT2D eigenvalue weighted by Gasteiger charge is -2.35. The zero-order chi connectivity index (χ0) is 20.8. The Labute approximate surface area is 176 Å². The number of nitrogens with one attached hydrogen (secondary N) is 1. The summed E-state index contributed by atoms with van der Waals surface area (Å²) in [6.45, 7) is 3.21. The van der Waals surface area contributed by atoms with Crippen LogP contribution in [0.1, 0.15) is 11.1 Å². The zero-order valence-electron chi connectivity index (χ0n) is 16.9. The summed E-state index contributed by atoms with van der Waals surface area (Å²) >= 11 is 0. The zero-order valence-corrected chi connectivity index (χ0v) is 16.9. The van der Waals surface area contributed by atoms with Crippen LogP contribution in [0.25, 0.3) is 0 Å². The minimum Gasteiger partial charge on any atom is -0.367 e. The molecule has 0 aliphatic carbocycles. The van der Waals surface area contributed by atoms with Gasteiger partial charge < -0.3 is 10.2 Å². The third kappa shape index (κ3) is 5.05. The standard InChI is InChI=1S/C25H26FN3O/c26-22-11-5-7-13-24(22)29-16-14-28(15-17-29)19-25(30)27-23-12-6-4-10-21(23)18-20-8-2-1-3-9-20/h1-13H,14-19H2,(H,27,30). The average Bonchev–Trinajstić information content (AvgIpc) is 2.77. The van der Waals surface area contributed by atoms with E-state index in [1.165, 1.54) is 11.6 Å². The molecule has 4 nitrogen and oxygen atoms in total. The van der Waals surface area contributed by atoms with Gasteiger partial charge in [-0.1, -0.05) is 60.7 Å². The van der Waals surface area contributed by atoms with Gasteiger partial charge in [0.25, 0.3) is 0 Å². The summed E-state index contributed by atoms with van der Waals surface area (Å²) in [4.78, 5) is 16.8. The van der Waals surface area contributed by atoms with Crippen LogP contribution in [0, 0.1) is 5.82 Å². The van der Waals surface area contributed by atoms with Crippen LogP contribution in [0.5, 0.6) is 0 Å². The fourth-order valence-corrected chi connectivity index (χ4v) is 3.86. The number of para-hydroxylation sites is 2. The molecule has 1 saturated heterocycles. The van der Waals surface area contributed by atoms with Gasteiger partial charge in [-0.15, -0.1) is 0 Å². The van der Waals surface area contributed by atoms with E-state index in [2.05, 4.69) is 28.4 Å². The van der Waals surface area contributed by atoms with Crippen molar-refractivity contribution in [2.75, 3.05) is 42.9 Å². The van der Waals surface area contributed by atoms with Crippen molar-refractivity contribution in [3.63, 3.8) is 0 Å². The summed E-state index contributed by atoms with van der Waals surface area (Å²) in [6.07, 6.45) is 0.776. The number of carbonyl (C=O) groups is 1. The first-order valence-corrected chi connectivity index (χ1v) is 10.3. The van der Waals surface area contributed by atoms with Gasteiger partial charge in [0, 0.05) is 31.9 Å². The third-order valence-electron chi connectivity index (χ3n) is 5.46. The highest BCUT2D eigenvalue weighted by Gasteiger charge is 2.21. The predicted molar refractivity (Wildman–Crippen MR) is 119 cm³/mol. The van der Waals surface area contributed by atoms with Gasteiger partial charge >= 0.3 is 0 Å². The van der Waals surface area contributed by atoms with E-state index in [0.717, 1.165) is 30.8 Å². The highest BCUT2D eigenvalue weighted by Crippen LogP contribution is 2.21. The molecule has 1 aliphatic heterocycles. The van der Waals surface area contributed by atoms with E-state index in [1.807, 2.05) is 47.4 Å². The maximum atomic E-state index is 14.0. The van der Waals surface area contributed by atoms with Crippen LogP contribution in [0.3, 0.4) is 0 Å². The first kappa shape index (κ1) is 20.1. The molecule has 0 unspecified atom stereocenters. The second-order valence-electron chi connectivity index (χ2n) is 7.58. The molecule has 0 radical (unpaired) electrons. The molecule has 0 saturated carbocycles. The first-order chi connectivity index (χ1) is 14.7. The van der Waals surface area contributed by atoms with Gasteiger partial charge in [0.05, 0.1) is 12.2 Å². The van der Waals surface area contributed by atoms with Crippen molar-refractivity contribution >= 4 is 17.3 Å². The van der Waals surface area contributed by atoms with E-state index in [-0.39, 0.29) is 11.7 Å². The fourth-order valence-electron chi connectivity index (χ4n) is 3.86. The van der Waals surface area contributed by atoms with E-state index < -0.39 is 0 Å². The molecule has 1 fully saturated rings. The molecule has 0 aromatic heterocycles. The molecule has 0 bridgehead atoms. The van der Waals surface area contributed by atoms with Crippen LogP contribution in [-0.2, 0) is 11.2 Å². The minimum absolute atomic E-state index is 0.0187. The van der Waals surface area contributed by atoms with Gasteiger partial charge in [0.1, 0.15) is 5.82 Å². The molecule has 5 heteroatoms. The highest BCUT2D eigenvalue weighted by atomic mass is 19.1. The Bertz CT molecular complexity index is 984. The molecule has 1 N–H and O–H groups in total. The third-order valence-corrected chi connectivity index (χ3v) is 5.46. The molecule has 1 amide bonds. The number of halogens is 1. The van der Waals surface area contributed by atoms with Crippen molar-refractivity contribution in [3.05, 3.63) is 95.8 Å². The number of amides is 1. The lowest BCUT2D eigenvalue weighted by atomic mass is 10.0. The molecule has 4 rings (SSSR count). The van der Waals surface area contributed by atoms with Crippen molar-refractivity contribution in [1.29, 1.82) is 0 Å². The van der Waals surface area contributed by atoms with Gasteiger partial charge in [-0.2, -0.15) is 0 Å². The Balaban J connectivity index is 1.32. The summed E-state index contributed by atoms with van der Waals surface area (Å²) in [6, 6.07) is 25.0. The second kappa shape index (κ2) is 9.55. The van der Waals surface area contributed by atoms with E-state index in [9.17, 15) is 9.18 Å². The monoisotopic (exact) mass is 403 g/mol. The van der Waals surface area contributed by atoms with Gasteiger partial charge in [0.15, 0.2) is 0 Å². The molecule has 1 aliphatic rings. The second-order valence-corrected chi connectivity index (χ2v) is 7.58. The number of hydrogen-bond acceptors (Lipinski definition) is 3. The lowest BCUT2D eigenvalue weighted by molar-refractivity contribution is -0.117. The van der Waals surface area contributed by atoms with Gasteiger partial charge in [-0.05, 0) is 35.7 Å². The average molecular weight is 404 g/mol. The minimum atomic E-state index is -0.196. The molecule has 0 atom stereocenters. The summed E-state index contributed by atoms with van der Waals surface area (Å²) in [5.74, 6) is -0.214. The van der Waals surface area contributed by atoms with Gasteiger partial charge in [0.2, 0.25) is 5.91 Å². The van der Waals surface area contributed by atoms with Crippen molar-refractivity contribution < 1.29 is 9.18 Å². The van der Waals surface area contributed by atoms with Crippen LogP contribution in [0.15, 0.2) is 78.9 Å². The Kier molecular flexibility index (Phi) is 6.40. The fraction of sp³-hybridized carbons (Fsp3) is 0.240. The number of carbonyl (C=O) groups excluding carboxylic acids is 1. The topological polar surface area (TPSA) is 35.6 Å². The Morgan fingerprint density at radius 2 is 1.50 bits per heavy atom. The maximum Gasteiger partial charge on any atom is 0.238 e.